The van der Waals surface area contributed by atoms with Gasteiger partial charge in [-0.1, -0.05) is 41.9 Å². The molecular weight excluding hydrogens is 410 g/mol. The van der Waals surface area contributed by atoms with Gasteiger partial charge in [0.25, 0.3) is 6.29 Å². The van der Waals surface area contributed by atoms with Crippen molar-refractivity contribution in [2.45, 2.75) is 13.2 Å². The van der Waals surface area contributed by atoms with Crippen molar-refractivity contribution in [1.82, 2.24) is 0 Å². The van der Waals surface area contributed by atoms with E-state index in [1.165, 1.54) is 0 Å². The number of hydrogen-bond donors (Lipinski definition) is 1. The molecule has 25 heavy (non-hydrogen) atoms. The number of aryl methyl sites for hydroxylation is 1. The molecule has 7 heteroatoms. The number of cyclic esters (lactones) is 1. The number of anilines is 1. The quantitative estimate of drug-likeness (QED) is 0.742. The molecule has 0 aliphatic carbocycles. The van der Waals surface area contributed by atoms with Crippen molar-refractivity contribution in [3.63, 3.8) is 0 Å². The molecule has 128 valence electrons. The Morgan fingerprint density at radius 3 is 2.60 bits per heavy atom. The van der Waals surface area contributed by atoms with Gasteiger partial charge in [-0.3, -0.25) is 0 Å². The highest BCUT2D eigenvalue weighted by Crippen LogP contribution is 2.30. The number of para-hydroxylation sites is 1. The largest absolute Gasteiger partial charge is 0.415 e. The van der Waals surface area contributed by atoms with Crippen LogP contribution in [0, 0.1) is 6.92 Å². The summed E-state index contributed by atoms with van der Waals surface area (Å²) in [5.74, 6) is -1.39. The maximum Gasteiger partial charge on any atom is 0.355 e. The molecule has 5 nitrogen and oxygen atoms in total. The number of ether oxygens (including phenoxy) is 2. The summed E-state index contributed by atoms with van der Waals surface area (Å²) in [5.41, 5.74) is 2.18. The first-order valence-electron chi connectivity index (χ1n) is 7.36. The van der Waals surface area contributed by atoms with Crippen molar-refractivity contribution in [2.24, 2.45) is 0 Å². The fourth-order valence-electron chi connectivity index (χ4n) is 2.26. The predicted molar refractivity (Wildman–Crippen MR) is 97.1 cm³/mol. The summed E-state index contributed by atoms with van der Waals surface area (Å²) in [7, 11) is 0. The monoisotopic (exact) mass is 421 g/mol. The Morgan fingerprint density at radius 2 is 1.88 bits per heavy atom. The molecule has 0 bridgehead atoms. The van der Waals surface area contributed by atoms with Gasteiger partial charge in [0.15, 0.2) is 5.03 Å². The van der Waals surface area contributed by atoms with E-state index < -0.39 is 18.2 Å². The van der Waals surface area contributed by atoms with E-state index in [1.807, 2.05) is 31.2 Å². The Morgan fingerprint density at radius 1 is 1.20 bits per heavy atom. The van der Waals surface area contributed by atoms with Crippen molar-refractivity contribution >= 4 is 45.2 Å². The normalized spacial score (nSPS) is 16.6. The van der Waals surface area contributed by atoms with Gasteiger partial charge in [-0.05, 0) is 46.6 Å². The summed E-state index contributed by atoms with van der Waals surface area (Å²) in [6.07, 6.45) is -1.24. The van der Waals surface area contributed by atoms with Crippen LogP contribution in [0.4, 0.5) is 5.69 Å². The van der Waals surface area contributed by atoms with E-state index in [0.717, 1.165) is 11.3 Å². The van der Waals surface area contributed by atoms with Crippen LogP contribution in [-0.4, -0.2) is 18.2 Å². The second kappa shape index (κ2) is 7.29. The van der Waals surface area contributed by atoms with Crippen molar-refractivity contribution in [3.05, 3.63) is 74.9 Å². The third kappa shape index (κ3) is 3.70. The standard InChI is InChI=1S/C18H13BrClNO4/c1-10-6-2-5-9-13(10)21-15-14(20)17(23)25-18(15)24-16(22)11-7-3-4-8-12(11)19/h2-9,18,21H,1H3/t18-/m0/s1. The molecule has 2 aromatic rings. The van der Waals surface area contributed by atoms with Crippen LogP contribution >= 0.6 is 27.5 Å². The highest BCUT2D eigenvalue weighted by Gasteiger charge is 2.37. The minimum atomic E-state index is -1.24. The minimum Gasteiger partial charge on any atom is -0.415 e. The second-order valence-electron chi connectivity index (χ2n) is 5.29. The van der Waals surface area contributed by atoms with Crippen molar-refractivity contribution < 1.29 is 19.1 Å². The number of nitrogens with one attached hydrogen (secondary N) is 1. The molecule has 0 spiro atoms. The van der Waals surface area contributed by atoms with Crippen LogP contribution in [0.2, 0.25) is 0 Å². The van der Waals surface area contributed by atoms with Crippen molar-refractivity contribution in [3.8, 4) is 0 Å². The average molecular weight is 423 g/mol. The number of carbonyl (C=O) groups excluding carboxylic acids is 2. The third-order valence-corrected chi connectivity index (χ3v) is 4.64. The molecule has 0 aromatic heterocycles. The molecule has 2 aromatic carbocycles. The van der Waals surface area contributed by atoms with Crippen LogP contribution in [0.15, 0.2) is 63.7 Å². The molecule has 1 heterocycles. The van der Waals surface area contributed by atoms with Gasteiger partial charge >= 0.3 is 11.9 Å². The SMILES string of the molecule is Cc1ccccc1NC1=C(Cl)C(=O)O[C@@H]1OC(=O)c1ccccc1Br. The molecule has 1 atom stereocenters. The molecule has 1 aliphatic rings. The lowest BCUT2D eigenvalue weighted by Crippen LogP contribution is -2.24. The summed E-state index contributed by atoms with van der Waals surface area (Å²) >= 11 is 9.31. The molecule has 0 amide bonds. The van der Waals surface area contributed by atoms with Gasteiger partial charge < -0.3 is 14.8 Å². The molecule has 0 saturated heterocycles. The Bertz CT molecular complexity index is 881. The van der Waals surface area contributed by atoms with Crippen LogP contribution in [0.5, 0.6) is 0 Å². The first kappa shape index (κ1) is 17.5. The van der Waals surface area contributed by atoms with Crippen LogP contribution in [0.1, 0.15) is 15.9 Å². The number of esters is 2. The van der Waals surface area contributed by atoms with Crippen LogP contribution in [-0.2, 0) is 14.3 Å². The van der Waals surface area contributed by atoms with Gasteiger partial charge in [-0.15, -0.1) is 0 Å². The summed E-state index contributed by atoms with van der Waals surface area (Å²) in [6, 6.07) is 14.2. The smallest absolute Gasteiger partial charge is 0.355 e. The minimum absolute atomic E-state index is 0.145. The fraction of sp³-hybridized carbons (Fsp3) is 0.111. The molecule has 0 fully saturated rings. The molecule has 3 rings (SSSR count). The molecule has 0 radical (unpaired) electrons. The van der Waals surface area contributed by atoms with Crippen molar-refractivity contribution in [1.29, 1.82) is 0 Å². The first-order chi connectivity index (χ1) is 12.0. The molecular formula is C18H13BrClNO4. The molecule has 1 N–H and O–H groups in total. The van der Waals surface area contributed by atoms with E-state index in [-0.39, 0.29) is 10.7 Å². The molecule has 0 unspecified atom stereocenters. The van der Waals surface area contributed by atoms with E-state index in [4.69, 9.17) is 21.1 Å². The number of rotatable bonds is 4. The molecule has 1 aliphatic heterocycles. The van der Waals surface area contributed by atoms with Gasteiger partial charge in [-0.2, -0.15) is 0 Å². The van der Waals surface area contributed by atoms with Crippen LogP contribution < -0.4 is 5.32 Å². The highest BCUT2D eigenvalue weighted by molar-refractivity contribution is 9.10. The second-order valence-corrected chi connectivity index (χ2v) is 6.52. The number of halogens is 2. The van der Waals surface area contributed by atoms with Gasteiger partial charge in [0.2, 0.25) is 0 Å². The van der Waals surface area contributed by atoms with Gasteiger partial charge in [0.1, 0.15) is 5.70 Å². The lowest BCUT2D eigenvalue weighted by atomic mass is 10.2. The Hall–Kier alpha value is -2.31. The zero-order chi connectivity index (χ0) is 18.0. The Kier molecular flexibility index (Phi) is 5.11. The lowest BCUT2D eigenvalue weighted by Gasteiger charge is -2.17. The summed E-state index contributed by atoms with van der Waals surface area (Å²) < 4.78 is 11.0. The lowest BCUT2D eigenvalue weighted by molar-refractivity contribution is -0.152. The van der Waals surface area contributed by atoms with Gasteiger partial charge in [-0.25, -0.2) is 9.59 Å². The fourth-order valence-corrected chi connectivity index (χ4v) is 2.89. The summed E-state index contributed by atoms with van der Waals surface area (Å²) in [4.78, 5) is 24.2. The van der Waals surface area contributed by atoms with Gasteiger partial charge in [0.05, 0.1) is 5.56 Å². The van der Waals surface area contributed by atoms with E-state index in [9.17, 15) is 9.59 Å². The molecule has 0 saturated carbocycles. The van der Waals surface area contributed by atoms with Crippen molar-refractivity contribution in [2.75, 3.05) is 5.32 Å². The Balaban J connectivity index is 1.84. The highest BCUT2D eigenvalue weighted by atomic mass is 79.9. The average Bonchev–Trinajstić information content (AvgIpc) is 2.84. The first-order valence-corrected chi connectivity index (χ1v) is 8.53. The van der Waals surface area contributed by atoms with Crippen LogP contribution in [0.3, 0.4) is 0 Å². The number of carbonyl (C=O) groups is 2. The number of hydrogen-bond acceptors (Lipinski definition) is 5. The topological polar surface area (TPSA) is 64.6 Å². The predicted octanol–water partition coefficient (Wildman–Crippen LogP) is 4.36. The summed E-state index contributed by atoms with van der Waals surface area (Å²) in [6.45, 7) is 1.90. The van der Waals surface area contributed by atoms with E-state index in [1.54, 1.807) is 24.3 Å². The van der Waals surface area contributed by atoms with E-state index >= 15 is 0 Å². The zero-order valence-corrected chi connectivity index (χ0v) is 15.4. The van der Waals surface area contributed by atoms with Gasteiger partial charge in [0, 0.05) is 10.2 Å². The van der Waals surface area contributed by atoms with E-state index in [0.29, 0.717) is 10.0 Å². The Labute approximate surface area is 157 Å². The summed E-state index contributed by atoms with van der Waals surface area (Å²) in [5, 5.41) is 2.88. The maximum atomic E-state index is 12.4. The third-order valence-electron chi connectivity index (χ3n) is 3.59. The van der Waals surface area contributed by atoms with E-state index in [2.05, 4.69) is 21.2 Å². The maximum absolute atomic E-state index is 12.4. The number of benzene rings is 2. The van der Waals surface area contributed by atoms with Crippen LogP contribution in [0.25, 0.3) is 0 Å². The zero-order valence-electron chi connectivity index (χ0n) is 13.1.